The first-order chi connectivity index (χ1) is 16.8. The van der Waals surface area contributed by atoms with E-state index in [1.807, 2.05) is 36.1 Å². The first kappa shape index (κ1) is 24.2. The summed E-state index contributed by atoms with van der Waals surface area (Å²) < 4.78 is 45.4. The van der Waals surface area contributed by atoms with Crippen molar-refractivity contribution in [3.8, 4) is 18.1 Å². The van der Waals surface area contributed by atoms with Gasteiger partial charge in [0.05, 0.1) is 28.9 Å². The number of alkyl halides is 3. The molecule has 1 saturated heterocycles. The molecule has 0 spiro atoms. The average molecular weight is 483 g/mol. The highest BCUT2D eigenvalue weighted by molar-refractivity contribution is 5.90. The molecule has 0 aliphatic carbocycles. The molecule has 6 nitrogen and oxygen atoms in total. The van der Waals surface area contributed by atoms with Crippen LogP contribution in [-0.4, -0.2) is 48.7 Å². The smallest absolute Gasteiger partial charge is 0.418 e. The fraction of sp³-hybridized carbons (Fsp3) is 0.308. The van der Waals surface area contributed by atoms with Crippen molar-refractivity contribution < 1.29 is 22.7 Å². The normalized spacial score (nSPS) is 14.4. The van der Waals surface area contributed by atoms with Crippen molar-refractivity contribution in [1.82, 2.24) is 9.88 Å². The number of rotatable bonds is 4. The largest absolute Gasteiger partial charge is 0.494 e. The number of aromatic nitrogens is 1. The van der Waals surface area contributed by atoms with Crippen LogP contribution in [0.1, 0.15) is 24.5 Å². The number of anilines is 2. The van der Waals surface area contributed by atoms with Gasteiger partial charge in [0, 0.05) is 31.6 Å². The van der Waals surface area contributed by atoms with Crippen LogP contribution >= 0.6 is 0 Å². The summed E-state index contributed by atoms with van der Waals surface area (Å²) in [5, 5.41) is 3.29. The second-order valence-corrected chi connectivity index (χ2v) is 8.09. The summed E-state index contributed by atoms with van der Waals surface area (Å²) >= 11 is 0. The van der Waals surface area contributed by atoms with Crippen molar-refractivity contribution in [2.75, 3.05) is 43.0 Å². The van der Waals surface area contributed by atoms with E-state index in [2.05, 4.69) is 11.2 Å². The van der Waals surface area contributed by atoms with Gasteiger partial charge in [-0.1, -0.05) is 18.1 Å². The zero-order valence-electron chi connectivity index (χ0n) is 19.2. The van der Waals surface area contributed by atoms with Crippen LogP contribution in [0.3, 0.4) is 0 Å². The molecule has 9 heteroatoms. The number of ether oxygens (including phenoxy) is 1. The van der Waals surface area contributed by atoms with Gasteiger partial charge in [0.2, 0.25) is 0 Å². The predicted molar refractivity (Wildman–Crippen MR) is 130 cm³/mol. The Morgan fingerprint density at radius 3 is 2.69 bits per heavy atom. The van der Waals surface area contributed by atoms with Crippen LogP contribution < -0.4 is 15.0 Å². The first-order valence-corrected chi connectivity index (χ1v) is 11.3. The monoisotopic (exact) mass is 482 g/mol. The Bertz CT molecular complexity index is 1270. The predicted octanol–water partition coefficient (Wildman–Crippen LogP) is 5.38. The number of terminal acetylenes is 1. The molecule has 4 rings (SSSR count). The van der Waals surface area contributed by atoms with Crippen molar-refractivity contribution in [3.63, 3.8) is 0 Å². The van der Waals surface area contributed by atoms with E-state index in [1.165, 1.54) is 23.1 Å². The van der Waals surface area contributed by atoms with E-state index < -0.39 is 17.8 Å². The molecule has 0 unspecified atom stereocenters. The van der Waals surface area contributed by atoms with E-state index in [9.17, 15) is 18.0 Å². The summed E-state index contributed by atoms with van der Waals surface area (Å²) in [5.74, 6) is 4.08. The summed E-state index contributed by atoms with van der Waals surface area (Å²) in [7, 11) is 0. The molecule has 182 valence electrons. The van der Waals surface area contributed by atoms with Gasteiger partial charge in [0.15, 0.2) is 0 Å². The summed E-state index contributed by atoms with van der Waals surface area (Å²) in [4.78, 5) is 21.1. The van der Waals surface area contributed by atoms with Crippen LogP contribution in [0.4, 0.5) is 29.5 Å². The van der Waals surface area contributed by atoms with Crippen LogP contribution in [0.5, 0.6) is 5.75 Å². The molecule has 1 N–H and O–H groups in total. The Labute approximate surface area is 201 Å². The number of pyridine rings is 1. The third kappa shape index (κ3) is 5.43. The summed E-state index contributed by atoms with van der Waals surface area (Å²) in [6, 6.07) is 11.9. The Balaban J connectivity index is 1.51. The summed E-state index contributed by atoms with van der Waals surface area (Å²) in [6.45, 7) is 4.22. The molecule has 1 fully saturated rings. The molecule has 35 heavy (non-hydrogen) atoms. The van der Waals surface area contributed by atoms with E-state index >= 15 is 0 Å². The molecule has 0 radical (unpaired) electrons. The third-order valence-corrected chi connectivity index (χ3v) is 5.79. The van der Waals surface area contributed by atoms with Gasteiger partial charge < -0.3 is 19.9 Å². The van der Waals surface area contributed by atoms with Gasteiger partial charge in [0.1, 0.15) is 11.6 Å². The number of hydrogen-bond acceptors (Lipinski definition) is 4. The molecular weight excluding hydrogens is 457 g/mol. The lowest BCUT2D eigenvalue weighted by Gasteiger charge is -2.24. The fourth-order valence-electron chi connectivity index (χ4n) is 4.11. The molecule has 1 aliphatic heterocycles. The number of urea groups is 1. The van der Waals surface area contributed by atoms with Crippen molar-refractivity contribution in [2.45, 2.75) is 19.5 Å². The number of fused-ring (bicyclic) bond motifs is 1. The topological polar surface area (TPSA) is 57.7 Å². The minimum absolute atomic E-state index is 0.261. The zero-order valence-corrected chi connectivity index (χ0v) is 19.2. The van der Waals surface area contributed by atoms with Gasteiger partial charge in [-0.25, -0.2) is 9.78 Å². The lowest BCUT2D eigenvalue weighted by atomic mass is 10.1. The molecule has 3 aromatic rings. The van der Waals surface area contributed by atoms with Gasteiger partial charge in [-0.05, 0) is 49.7 Å². The van der Waals surface area contributed by atoms with Crippen LogP contribution in [0.15, 0.2) is 48.5 Å². The van der Waals surface area contributed by atoms with Crippen LogP contribution in [0.2, 0.25) is 0 Å². The lowest BCUT2D eigenvalue weighted by molar-refractivity contribution is -0.136. The highest BCUT2D eigenvalue weighted by atomic mass is 19.4. The number of hydrogen-bond donors (Lipinski definition) is 1. The maximum absolute atomic E-state index is 13.3. The third-order valence-electron chi connectivity index (χ3n) is 5.79. The molecule has 0 atom stereocenters. The lowest BCUT2D eigenvalue weighted by Crippen LogP contribution is -2.38. The molecule has 2 heterocycles. The number of benzene rings is 2. The Hall–Kier alpha value is -3.93. The number of carbonyl (C=O) groups is 1. The highest BCUT2D eigenvalue weighted by Gasteiger charge is 2.34. The van der Waals surface area contributed by atoms with E-state index in [0.29, 0.717) is 50.6 Å². The molecular formula is C26H25F3N4O2. The second-order valence-electron chi connectivity index (χ2n) is 8.09. The van der Waals surface area contributed by atoms with E-state index in [-0.39, 0.29) is 5.69 Å². The Morgan fingerprint density at radius 2 is 1.94 bits per heavy atom. The minimum Gasteiger partial charge on any atom is -0.494 e. The highest BCUT2D eigenvalue weighted by Crippen LogP contribution is 2.34. The second kappa shape index (κ2) is 10.1. The molecule has 1 aliphatic rings. The van der Waals surface area contributed by atoms with Crippen LogP contribution in [-0.2, 0) is 6.18 Å². The van der Waals surface area contributed by atoms with Crippen LogP contribution in [0.25, 0.3) is 10.9 Å². The summed E-state index contributed by atoms with van der Waals surface area (Å²) in [5.41, 5.74) is 0.257. The van der Waals surface area contributed by atoms with Crippen molar-refractivity contribution in [3.05, 3.63) is 59.7 Å². The number of nitrogens with zero attached hydrogens (tertiary/aromatic N) is 3. The van der Waals surface area contributed by atoms with Gasteiger partial charge >= 0.3 is 12.2 Å². The number of para-hydroxylation sites is 1. The van der Waals surface area contributed by atoms with Gasteiger partial charge in [-0.15, -0.1) is 6.42 Å². The molecule has 2 amide bonds. The number of halogens is 3. The minimum atomic E-state index is -4.56. The quantitative estimate of drug-likeness (QED) is 0.508. The average Bonchev–Trinajstić information content (AvgIpc) is 3.09. The number of nitrogens with one attached hydrogen (secondary N) is 1. The SMILES string of the molecule is C#Cc1cc2cc(OCC)ccc2nc1N1CCCN(C(=O)Nc2ccccc2C(F)(F)F)CC1. The molecule has 0 bridgehead atoms. The van der Waals surface area contributed by atoms with E-state index in [1.54, 1.807) is 0 Å². The molecule has 1 aromatic heterocycles. The maximum atomic E-state index is 13.3. The molecule has 2 aromatic carbocycles. The summed E-state index contributed by atoms with van der Waals surface area (Å²) in [6.07, 6.45) is 1.83. The number of carbonyl (C=O) groups excluding carboxylic acids is 1. The van der Waals surface area contributed by atoms with Gasteiger partial charge in [0.25, 0.3) is 0 Å². The van der Waals surface area contributed by atoms with Gasteiger partial charge in [-0.3, -0.25) is 0 Å². The van der Waals surface area contributed by atoms with Crippen molar-refractivity contribution in [1.29, 1.82) is 0 Å². The maximum Gasteiger partial charge on any atom is 0.418 e. The number of amides is 2. The zero-order chi connectivity index (χ0) is 25.0. The fourth-order valence-corrected chi connectivity index (χ4v) is 4.11. The first-order valence-electron chi connectivity index (χ1n) is 11.3. The van der Waals surface area contributed by atoms with Crippen molar-refractivity contribution in [2.24, 2.45) is 0 Å². The van der Waals surface area contributed by atoms with Gasteiger partial charge in [-0.2, -0.15) is 13.2 Å². The van der Waals surface area contributed by atoms with E-state index in [0.717, 1.165) is 22.7 Å². The Morgan fingerprint density at radius 1 is 1.14 bits per heavy atom. The van der Waals surface area contributed by atoms with Crippen LogP contribution in [0, 0.1) is 12.3 Å². The standard InChI is InChI=1S/C26H25F3N4O2/c1-3-18-16-19-17-20(35-4-2)10-11-22(19)30-24(18)32-12-7-13-33(15-14-32)25(34)31-23-9-6-5-8-21(23)26(27,28)29/h1,5-6,8-11,16-17H,4,7,12-15H2,2H3,(H,31,34). The Kier molecular flexibility index (Phi) is 7.01. The molecule has 0 saturated carbocycles. The van der Waals surface area contributed by atoms with E-state index in [4.69, 9.17) is 16.1 Å². The van der Waals surface area contributed by atoms with Crippen molar-refractivity contribution >= 4 is 28.4 Å².